The van der Waals surface area contributed by atoms with Crippen molar-refractivity contribution in [3.63, 3.8) is 0 Å². The maximum absolute atomic E-state index is 12.7. The molecule has 1 aliphatic rings. The van der Waals surface area contributed by atoms with Crippen LogP contribution in [-0.2, 0) is 17.9 Å². The fraction of sp³-hybridized carbons (Fsp3) is 0.480. The SMILES string of the molecule is CCOc1cccc2c1OCCCCCNC(=O)CN(Cc1cccc(OC)c1OC)C2. The van der Waals surface area contributed by atoms with Crippen LogP contribution in [-0.4, -0.2) is 51.3 Å². The van der Waals surface area contributed by atoms with Gasteiger partial charge in [0, 0.05) is 30.8 Å². The summed E-state index contributed by atoms with van der Waals surface area (Å²) in [5.74, 6) is 2.86. The first-order chi connectivity index (χ1) is 15.7. The van der Waals surface area contributed by atoms with Crippen molar-refractivity contribution in [1.29, 1.82) is 0 Å². The van der Waals surface area contributed by atoms with Crippen LogP contribution in [0.25, 0.3) is 0 Å². The zero-order valence-electron chi connectivity index (χ0n) is 19.3. The quantitative estimate of drug-likeness (QED) is 0.734. The van der Waals surface area contributed by atoms with Crippen LogP contribution in [0.3, 0.4) is 0 Å². The monoisotopic (exact) mass is 442 g/mol. The second-order valence-electron chi connectivity index (χ2n) is 7.73. The molecule has 32 heavy (non-hydrogen) atoms. The number of para-hydroxylation sites is 2. The number of benzene rings is 2. The zero-order chi connectivity index (χ0) is 22.8. The van der Waals surface area contributed by atoms with Crippen molar-refractivity contribution in [2.45, 2.75) is 39.3 Å². The summed E-state index contributed by atoms with van der Waals surface area (Å²) < 4.78 is 23.1. The minimum absolute atomic E-state index is 0.00883. The van der Waals surface area contributed by atoms with E-state index in [0.29, 0.717) is 44.3 Å². The Labute approximate surface area is 190 Å². The number of hydrogen-bond donors (Lipinski definition) is 1. The minimum Gasteiger partial charge on any atom is -0.493 e. The number of ether oxygens (including phenoxy) is 4. The van der Waals surface area contributed by atoms with Crippen LogP contribution < -0.4 is 24.3 Å². The summed E-state index contributed by atoms with van der Waals surface area (Å²) in [5, 5.41) is 3.04. The van der Waals surface area contributed by atoms with Gasteiger partial charge in [-0.1, -0.05) is 24.3 Å². The molecule has 1 N–H and O–H groups in total. The smallest absolute Gasteiger partial charge is 0.234 e. The molecule has 1 aliphatic heterocycles. The molecule has 0 aromatic heterocycles. The Morgan fingerprint density at radius 1 is 1.00 bits per heavy atom. The first kappa shape index (κ1) is 23.7. The van der Waals surface area contributed by atoms with E-state index in [1.807, 2.05) is 43.3 Å². The van der Waals surface area contributed by atoms with E-state index < -0.39 is 0 Å². The van der Waals surface area contributed by atoms with E-state index in [1.165, 1.54) is 0 Å². The molecule has 3 rings (SSSR count). The highest BCUT2D eigenvalue weighted by atomic mass is 16.5. The topological polar surface area (TPSA) is 69.3 Å². The van der Waals surface area contributed by atoms with Crippen LogP contribution in [0.1, 0.15) is 37.3 Å². The van der Waals surface area contributed by atoms with Crippen LogP contribution >= 0.6 is 0 Å². The number of nitrogens with one attached hydrogen (secondary N) is 1. The Bertz CT molecular complexity index is 887. The van der Waals surface area contributed by atoms with Gasteiger partial charge in [-0.25, -0.2) is 0 Å². The fourth-order valence-electron chi connectivity index (χ4n) is 3.91. The molecule has 174 valence electrons. The molecule has 0 fully saturated rings. The Morgan fingerprint density at radius 2 is 1.81 bits per heavy atom. The van der Waals surface area contributed by atoms with Crippen LogP contribution in [0, 0.1) is 0 Å². The van der Waals surface area contributed by atoms with E-state index in [-0.39, 0.29) is 12.5 Å². The zero-order valence-corrected chi connectivity index (χ0v) is 19.3. The van der Waals surface area contributed by atoms with Crippen LogP contribution in [0.5, 0.6) is 23.0 Å². The van der Waals surface area contributed by atoms with Gasteiger partial charge in [0.1, 0.15) is 0 Å². The van der Waals surface area contributed by atoms with Gasteiger partial charge < -0.3 is 24.3 Å². The van der Waals surface area contributed by atoms with Gasteiger partial charge in [-0.2, -0.15) is 0 Å². The van der Waals surface area contributed by atoms with Crippen molar-refractivity contribution in [3.8, 4) is 23.0 Å². The van der Waals surface area contributed by atoms with Gasteiger partial charge in [-0.05, 0) is 38.3 Å². The summed E-state index contributed by atoms with van der Waals surface area (Å²) in [6.45, 7) is 5.13. The highest BCUT2D eigenvalue weighted by Gasteiger charge is 2.20. The summed E-state index contributed by atoms with van der Waals surface area (Å²) in [5.41, 5.74) is 1.94. The summed E-state index contributed by atoms with van der Waals surface area (Å²) in [6, 6.07) is 11.7. The van der Waals surface area contributed by atoms with E-state index >= 15 is 0 Å². The van der Waals surface area contributed by atoms with Gasteiger partial charge in [0.05, 0.1) is 34.0 Å². The fourth-order valence-corrected chi connectivity index (χ4v) is 3.91. The van der Waals surface area contributed by atoms with Gasteiger partial charge >= 0.3 is 0 Å². The lowest BCUT2D eigenvalue weighted by Gasteiger charge is -2.25. The molecule has 0 aliphatic carbocycles. The Hall–Kier alpha value is -2.93. The molecule has 7 heteroatoms. The average Bonchev–Trinajstić information content (AvgIpc) is 2.80. The van der Waals surface area contributed by atoms with Gasteiger partial charge in [-0.3, -0.25) is 9.69 Å². The lowest BCUT2D eigenvalue weighted by Crippen LogP contribution is -2.37. The van der Waals surface area contributed by atoms with Gasteiger partial charge in [-0.15, -0.1) is 0 Å². The number of rotatable bonds is 6. The van der Waals surface area contributed by atoms with E-state index in [2.05, 4.69) is 10.2 Å². The number of carbonyl (C=O) groups is 1. The molecule has 0 unspecified atom stereocenters. The summed E-state index contributed by atoms with van der Waals surface area (Å²) in [7, 11) is 3.25. The Balaban J connectivity index is 1.94. The Kier molecular flexibility index (Phi) is 9.04. The lowest BCUT2D eigenvalue weighted by molar-refractivity contribution is -0.122. The van der Waals surface area contributed by atoms with Crippen molar-refractivity contribution in [2.75, 3.05) is 40.5 Å². The maximum Gasteiger partial charge on any atom is 0.234 e. The molecular formula is C25H34N2O5. The molecule has 0 saturated heterocycles. The van der Waals surface area contributed by atoms with Crippen molar-refractivity contribution >= 4 is 5.91 Å². The predicted molar refractivity (Wildman–Crippen MR) is 124 cm³/mol. The number of hydrogen-bond acceptors (Lipinski definition) is 6. The minimum atomic E-state index is 0.00883. The highest BCUT2D eigenvalue weighted by molar-refractivity contribution is 5.78. The molecule has 0 bridgehead atoms. The largest absolute Gasteiger partial charge is 0.493 e. The number of amides is 1. The standard InChI is InChI=1S/C25H34N2O5/c1-4-31-22-13-9-11-20-17-27(16-19-10-8-12-21(29-2)24(19)30-3)18-23(28)26-14-6-5-7-15-32-25(20)22/h8-13H,4-7,14-18H2,1-3H3,(H,26,28). The summed E-state index contributed by atoms with van der Waals surface area (Å²) in [4.78, 5) is 14.8. The molecule has 1 amide bonds. The number of methoxy groups -OCH3 is 2. The second kappa shape index (κ2) is 12.2. The van der Waals surface area contributed by atoms with E-state index in [9.17, 15) is 4.79 Å². The average molecular weight is 443 g/mol. The third kappa shape index (κ3) is 6.29. The van der Waals surface area contributed by atoms with Gasteiger partial charge in [0.15, 0.2) is 23.0 Å². The van der Waals surface area contributed by atoms with Crippen molar-refractivity contribution < 1.29 is 23.7 Å². The third-order valence-corrected chi connectivity index (χ3v) is 5.39. The molecule has 1 heterocycles. The van der Waals surface area contributed by atoms with Crippen LogP contribution in [0.15, 0.2) is 36.4 Å². The number of nitrogens with zero attached hydrogens (tertiary/aromatic N) is 1. The first-order valence-corrected chi connectivity index (χ1v) is 11.2. The number of carbonyl (C=O) groups excluding carboxylic acids is 1. The van der Waals surface area contributed by atoms with Crippen molar-refractivity contribution in [1.82, 2.24) is 10.2 Å². The molecule has 0 atom stereocenters. The molecule has 7 nitrogen and oxygen atoms in total. The first-order valence-electron chi connectivity index (χ1n) is 11.2. The normalized spacial score (nSPS) is 15.8. The van der Waals surface area contributed by atoms with Crippen molar-refractivity contribution in [3.05, 3.63) is 47.5 Å². The highest BCUT2D eigenvalue weighted by Crippen LogP contribution is 2.35. The van der Waals surface area contributed by atoms with Crippen LogP contribution in [0.4, 0.5) is 0 Å². The molecule has 0 radical (unpaired) electrons. The van der Waals surface area contributed by atoms with Crippen LogP contribution in [0.2, 0.25) is 0 Å². The maximum atomic E-state index is 12.7. The van der Waals surface area contributed by atoms with Gasteiger partial charge in [0.2, 0.25) is 5.91 Å². The molecule has 2 aromatic carbocycles. The number of fused-ring (bicyclic) bond motifs is 1. The van der Waals surface area contributed by atoms with E-state index in [0.717, 1.165) is 41.9 Å². The second-order valence-corrected chi connectivity index (χ2v) is 7.73. The van der Waals surface area contributed by atoms with E-state index in [1.54, 1.807) is 14.2 Å². The molecule has 0 saturated carbocycles. The molecular weight excluding hydrogens is 408 g/mol. The third-order valence-electron chi connectivity index (χ3n) is 5.39. The summed E-state index contributed by atoms with van der Waals surface area (Å²) in [6.07, 6.45) is 2.86. The predicted octanol–water partition coefficient (Wildman–Crippen LogP) is 3.78. The molecule has 0 spiro atoms. The Morgan fingerprint density at radius 3 is 2.59 bits per heavy atom. The lowest BCUT2D eigenvalue weighted by atomic mass is 10.1. The summed E-state index contributed by atoms with van der Waals surface area (Å²) >= 11 is 0. The molecule has 2 aromatic rings. The van der Waals surface area contributed by atoms with Crippen molar-refractivity contribution in [2.24, 2.45) is 0 Å². The van der Waals surface area contributed by atoms with Gasteiger partial charge in [0.25, 0.3) is 0 Å². The van der Waals surface area contributed by atoms with E-state index in [4.69, 9.17) is 18.9 Å².